The lowest BCUT2D eigenvalue weighted by Gasteiger charge is -2.21. The van der Waals surface area contributed by atoms with E-state index < -0.39 is 0 Å². The van der Waals surface area contributed by atoms with Crippen molar-refractivity contribution in [2.24, 2.45) is 0 Å². The minimum absolute atomic E-state index is 0.473. The van der Waals surface area contributed by atoms with Gasteiger partial charge in [-0.25, -0.2) is 0 Å². The van der Waals surface area contributed by atoms with Crippen LogP contribution in [-0.4, -0.2) is 6.54 Å². The maximum atomic E-state index is 5.40. The molecule has 0 fully saturated rings. The van der Waals surface area contributed by atoms with Crippen LogP contribution in [0.2, 0.25) is 0 Å². The van der Waals surface area contributed by atoms with Crippen LogP contribution in [0, 0.1) is 0 Å². The third kappa shape index (κ3) is 1.68. The topological polar surface area (TPSA) is 25.2 Å². The van der Waals surface area contributed by atoms with Crippen molar-refractivity contribution in [1.82, 2.24) is 5.32 Å². The molecule has 1 aliphatic carbocycles. The van der Waals surface area contributed by atoms with E-state index >= 15 is 0 Å². The van der Waals surface area contributed by atoms with Gasteiger partial charge in [0.05, 0.1) is 6.26 Å². The first-order valence-corrected chi connectivity index (χ1v) is 4.82. The van der Waals surface area contributed by atoms with E-state index in [0.717, 1.165) is 18.7 Å². The monoisotopic (exact) mass is 177 g/mol. The van der Waals surface area contributed by atoms with Gasteiger partial charge in [0.1, 0.15) is 5.76 Å². The number of aryl methyl sites for hydroxylation is 1. The van der Waals surface area contributed by atoms with Crippen molar-refractivity contribution < 1.29 is 4.42 Å². The molecule has 1 unspecified atom stereocenters. The lowest BCUT2D eigenvalue weighted by molar-refractivity contribution is 0.421. The maximum Gasteiger partial charge on any atom is 0.108 e. The Morgan fingerprint density at radius 1 is 1.69 bits per heavy atom. The van der Waals surface area contributed by atoms with Gasteiger partial charge >= 0.3 is 0 Å². The fourth-order valence-electron chi connectivity index (χ4n) is 1.92. The maximum absolute atomic E-state index is 5.40. The molecule has 1 aromatic heterocycles. The van der Waals surface area contributed by atoms with Gasteiger partial charge in [0.2, 0.25) is 0 Å². The van der Waals surface area contributed by atoms with E-state index in [4.69, 9.17) is 4.42 Å². The first-order valence-electron chi connectivity index (χ1n) is 4.82. The molecule has 1 aliphatic rings. The molecule has 1 atom stereocenters. The highest BCUT2D eigenvalue weighted by Gasteiger charge is 2.21. The highest BCUT2D eigenvalue weighted by molar-refractivity contribution is 5.24. The zero-order valence-electron chi connectivity index (χ0n) is 7.75. The van der Waals surface area contributed by atoms with Crippen molar-refractivity contribution in [3.8, 4) is 0 Å². The minimum atomic E-state index is 0.473. The van der Waals surface area contributed by atoms with Crippen LogP contribution < -0.4 is 5.32 Å². The molecule has 0 aliphatic heterocycles. The summed E-state index contributed by atoms with van der Waals surface area (Å²) in [5.41, 5.74) is 1.34. The zero-order valence-corrected chi connectivity index (χ0v) is 7.75. The van der Waals surface area contributed by atoms with Crippen LogP contribution in [0.15, 0.2) is 29.4 Å². The molecule has 1 heterocycles. The van der Waals surface area contributed by atoms with Crippen molar-refractivity contribution in [2.75, 3.05) is 6.54 Å². The van der Waals surface area contributed by atoms with Crippen LogP contribution in [0.25, 0.3) is 0 Å². The summed E-state index contributed by atoms with van der Waals surface area (Å²) in [6, 6.07) is 2.55. The Morgan fingerprint density at radius 3 is 3.46 bits per heavy atom. The molecule has 70 valence electrons. The van der Waals surface area contributed by atoms with E-state index in [2.05, 4.69) is 18.0 Å². The molecule has 2 nitrogen and oxygen atoms in total. The molecule has 13 heavy (non-hydrogen) atoms. The molecule has 0 aromatic carbocycles. The molecular formula is C11H15NO. The first kappa shape index (κ1) is 8.57. The Bertz CT molecular complexity index is 290. The van der Waals surface area contributed by atoms with E-state index in [1.807, 2.05) is 6.08 Å². The Kier molecular flexibility index (Phi) is 2.50. The Labute approximate surface area is 78.6 Å². The highest BCUT2D eigenvalue weighted by atomic mass is 16.3. The molecule has 0 radical (unpaired) electrons. The van der Waals surface area contributed by atoms with E-state index in [-0.39, 0.29) is 0 Å². The summed E-state index contributed by atoms with van der Waals surface area (Å²) in [5, 5.41) is 3.44. The third-order valence-corrected chi connectivity index (χ3v) is 2.56. The zero-order chi connectivity index (χ0) is 9.10. The van der Waals surface area contributed by atoms with E-state index in [9.17, 15) is 0 Å². The van der Waals surface area contributed by atoms with Crippen LogP contribution in [0.1, 0.15) is 30.2 Å². The fraction of sp³-hybridized carbons (Fsp3) is 0.455. The van der Waals surface area contributed by atoms with Crippen molar-refractivity contribution in [3.05, 3.63) is 36.3 Å². The Morgan fingerprint density at radius 2 is 2.62 bits per heavy atom. The summed E-state index contributed by atoms with van der Waals surface area (Å²) in [5.74, 6) is 1.16. The van der Waals surface area contributed by atoms with E-state index in [0.29, 0.717) is 6.04 Å². The standard InChI is InChI=1S/C11H15NO/c1-2-7-12-10-4-3-5-11-9(10)6-8-13-11/h2,6,8,10,12H,1,3-5,7H2. The van der Waals surface area contributed by atoms with Gasteiger partial charge in [0.25, 0.3) is 0 Å². The molecule has 1 N–H and O–H groups in total. The van der Waals surface area contributed by atoms with Gasteiger partial charge in [-0.3, -0.25) is 0 Å². The van der Waals surface area contributed by atoms with Gasteiger partial charge in [-0.05, 0) is 18.9 Å². The molecule has 0 saturated heterocycles. The molecule has 2 heteroatoms. The number of rotatable bonds is 3. The van der Waals surface area contributed by atoms with Crippen LogP contribution in [0.4, 0.5) is 0 Å². The summed E-state index contributed by atoms with van der Waals surface area (Å²) >= 11 is 0. The third-order valence-electron chi connectivity index (χ3n) is 2.56. The highest BCUT2D eigenvalue weighted by Crippen LogP contribution is 2.30. The Balaban J connectivity index is 2.10. The lowest BCUT2D eigenvalue weighted by Crippen LogP contribution is -2.24. The molecular weight excluding hydrogens is 162 g/mol. The average molecular weight is 177 g/mol. The summed E-state index contributed by atoms with van der Waals surface area (Å²) in [7, 11) is 0. The minimum Gasteiger partial charge on any atom is -0.469 e. The van der Waals surface area contributed by atoms with Crippen LogP contribution in [0.3, 0.4) is 0 Å². The quantitative estimate of drug-likeness (QED) is 0.717. The summed E-state index contributed by atoms with van der Waals surface area (Å²) < 4.78 is 5.40. The first-order chi connectivity index (χ1) is 6.42. The number of hydrogen-bond donors (Lipinski definition) is 1. The predicted octanol–water partition coefficient (Wildman–Crippen LogP) is 2.43. The number of fused-ring (bicyclic) bond motifs is 1. The normalized spacial score (nSPS) is 21.1. The van der Waals surface area contributed by atoms with Gasteiger partial charge in [-0.1, -0.05) is 6.08 Å². The molecule has 0 bridgehead atoms. The second kappa shape index (κ2) is 3.79. The van der Waals surface area contributed by atoms with Gasteiger partial charge in [-0.2, -0.15) is 0 Å². The van der Waals surface area contributed by atoms with Crippen LogP contribution in [0.5, 0.6) is 0 Å². The molecule has 0 saturated carbocycles. The van der Waals surface area contributed by atoms with Crippen molar-refractivity contribution >= 4 is 0 Å². The summed E-state index contributed by atoms with van der Waals surface area (Å²) in [6.45, 7) is 4.57. The van der Waals surface area contributed by atoms with Crippen molar-refractivity contribution in [1.29, 1.82) is 0 Å². The second-order valence-electron chi connectivity index (χ2n) is 3.44. The molecule has 0 amide bonds. The largest absolute Gasteiger partial charge is 0.469 e. The van der Waals surface area contributed by atoms with Gasteiger partial charge in [0, 0.05) is 24.6 Å². The molecule has 0 spiro atoms. The number of furan rings is 1. The summed E-state index contributed by atoms with van der Waals surface area (Å²) in [4.78, 5) is 0. The van der Waals surface area contributed by atoms with Gasteiger partial charge in [-0.15, -0.1) is 6.58 Å². The lowest BCUT2D eigenvalue weighted by atomic mass is 9.93. The van der Waals surface area contributed by atoms with E-state index in [1.165, 1.54) is 18.4 Å². The smallest absolute Gasteiger partial charge is 0.108 e. The Hall–Kier alpha value is -1.02. The van der Waals surface area contributed by atoms with Gasteiger partial charge < -0.3 is 9.73 Å². The average Bonchev–Trinajstić information content (AvgIpc) is 2.62. The SMILES string of the molecule is C=CCNC1CCCc2occc21. The summed E-state index contributed by atoms with van der Waals surface area (Å²) in [6.07, 6.45) is 7.21. The van der Waals surface area contributed by atoms with Crippen LogP contribution >= 0.6 is 0 Å². The van der Waals surface area contributed by atoms with Crippen molar-refractivity contribution in [3.63, 3.8) is 0 Å². The van der Waals surface area contributed by atoms with Gasteiger partial charge in [0.15, 0.2) is 0 Å². The molecule has 1 aromatic rings. The number of hydrogen-bond acceptors (Lipinski definition) is 2. The predicted molar refractivity (Wildman–Crippen MR) is 52.6 cm³/mol. The second-order valence-corrected chi connectivity index (χ2v) is 3.44. The van der Waals surface area contributed by atoms with Crippen molar-refractivity contribution in [2.45, 2.75) is 25.3 Å². The fourth-order valence-corrected chi connectivity index (χ4v) is 1.92. The molecule has 2 rings (SSSR count). The number of nitrogens with one attached hydrogen (secondary N) is 1. The van der Waals surface area contributed by atoms with E-state index in [1.54, 1.807) is 6.26 Å². The van der Waals surface area contributed by atoms with Crippen LogP contribution in [-0.2, 0) is 6.42 Å².